The fourth-order valence-corrected chi connectivity index (χ4v) is 0.675. The van der Waals surface area contributed by atoms with Gasteiger partial charge < -0.3 is 10.5 Å². The summed E-state index contributed by atoms with van der Waals surface area (Å²) in [6.45, 7) is 2.83. The predicted octanol–water partition coefficient (Wildman–Crippen LogP) is 0.760. The molecule has 0 bridgehead atoms. The lowest BCUT2D eigenvalue weighted by molar-refractivity contribution is 0.0942. The zero-order chi connectivity index (χ0) is 6.41. The van der Waals surface area contributed by atoms with E-state index in [1.165, 1.54) is 0 Å². The van der Waals surface area contributed by atoms with Gasteiger partial charge in [-0.3, -0.25) is 0 Å². The van der Waals surface area contributed by atoms with Crippen LogP contribution in [-0.4, -0.2) is 19.8 Å². The van der Waals surface area contributed by atoms with Crippen molar-refractivity contribution in [3.05, 3.63) is 0 Å². The minimum Gasteiger partial charge on any atom is -0.381 e. The molecule has 0 aromatic carbocycles. The minimum absolute atomic E-state index is 0.375. The summed E-state index contributed by atoms with van der Waals surface area (Å²) in [6.07, 6.45) is 2.42. The topological polar surface area (TPSA) is 35.2 Å². The second kappa shape index (κ2) is 5.06. The van der Waals surface area contributed by atoms with Crippen molar-refractivity contribution in [3.8, 4) is 0 Å². The van der Waals surface area contributed by atoms with Gasteiger partial charge in [0.25, 0.3) is 0 Å². The zero-order valence-corrected chi connectivity index (χ0v) is 5.68. The predicted molar refractivity (Wildman–Crippen MR) is 34.8 cm³/mol. The van der Waals surface area contributed by atoms with Crippen molar-refractivity contribution in [2.75, 3.05) is 13.7 Å². The van der Waals surface area contributed by atoms with Crippen LogP contribution in [0.3, 0.4) is 0 Å². The van der Waals surface area contributed by atoms with Crippen LogP contribution in [0.2, 0.25) is 0 Å². The summed E-state index contributed by atoms with van der Waals surface area (Å²) >= 11 is 0. The van der Waals surface area contributed by atoms with E-state index in [0.717, 1.165) is 19.4 Å². The molecule has 0 heterocycles. The van der Waals surface area contributed by atoms with Crippen LogP contribution in [0.5, 0.6) is 0 Å². The monoisotopic (exact) mass is 117 g/mol. The molecule has 0 saturated heterocycles. The second-order valence-electron chi connectivity index (χ2n) is 1.84. The molecule has 2 nitrogen and oxygen atoms in total. The minimum atomic E-state index is 0.375. The number of hydrogen-bond donors (Lipinski definition) is 1. The highest BCUT2D eigenvalue weighted by atomic mass is 16.5. The van der Waals surface area contributed by atoms with E-state index in [4.69, 9.17) is 10.5 Å². The van der Waals surface area contributed by atoms with Gasteiger partial charge in [0.2, 0.25) is 0 Å². The molecule has 50 valence electrons. The third-order valence-corrected chi connectivity index (χ3v) is 1.28. The van der Waals surface area contributed by atoms with Gasteiger partial charge in [-0.15, -0.1) is 0 Å². The molecular formula is C6H15NO. The van der Waals surface area contributed by atoms with E-state index in [0.29, 0.717) is 6.10 Å². The van der Waals surface area contributed by atoms with Crippen molar-refractivity contribution >= 4 is 0 Å². The van der Waals surface area contributed by atoms with Crippen LogP contribution in [0.4, 0.5) is 0 Å². The van der Waals surface area contributed by atoms with Crippen LogP contribution < -0.4 is 5.73 Å². The maximum absolute atomic E-state index is 5.30. The van der Waals surface area contributed by atoms with Gasteiger partial charge in [-0.1, -0.05) is 6.92 Å². The third-order valence-electron chi connectivity index (χ3n) is 1.28. The van der Waals surface area contributed by atoms with E-state index in [-0.39, 0.29) is 0 Å². The second-order valence-corrected chi connectivity index (χ2v) is 1.84. The molecule has 1 atom stereocenters. The Labute approximate surface area is 51.0 Å². The molecule has 8 heavy (non-hydrogen) atoms. The van der Waals surface area contributed by atoms with E-state index in [2.05, 4.69) is 6.92 Å². The van der Waals surface area contributed by atoms with Crippen LogP contribution in [0, 0.1) is 0 Å². The lowest BCUT2D eigenvalue weighted by atomic mass is 10.2. The van der Waals surface area contributed by atoms with Gasteiger partial charge in [-0.25, -0.2) is 0 Å². The first kappa shape index (κ1) is 7.92. The summed E-state index contributed by atoms with van der Waals surface area (Å²) < 4.78 is 5.06. The molecule has 1 unspecified atom stereocenters. The Morgan fingerprint density at radius 2 is 2.25 bits per heavy atom. The van der Waals surface area contributed by atoms with Crippen LogP contribution in [-0.2, 0) is 4.74 Å². The molecule has 0 amide bonds. The normalized spacial score (nSPS) is 13.9. The van der Waals surface area contributed by atoms with Crippen LogP contribution in [0.15, 0.2) is 0 Å². The standard InChI is InChI=1S/C6H15NO/c1-3-6(8-2)4-5-7/h6H,3-5,7H2,1-2H3. The third kappa shape index (κ3) is 2.99. The maximum Gasteiger partial charge on any atom is 0.0580 e. The van der Waals surface area contributed by atoms with Crippen molar-refractivity contribution in [2.45, 2.75) is 25.9 Å². The van der Waals surface area contributed by atoms with Gasteiger partial charge in [-0.2, -0.15) is 0 Å². The summed E-state index contributed by atoms with van der Waals surface area (Å²) in [4.78, 5) is 0. The van der Waals surface area contributed by atoms with E-state index in [1.807, 2.05) is 0 Å². The van der Waals surface area contributed by atoms with Gasteiger partial charge in [0.05, 0.1) is 6.10 Å². The fourth-order valence-electron chi connectivity index (χ4n) is 0.675. The van der Waals surface area contributed by atoms with Gasteiger partial charge in [0.1, 0.15) is 0 Å². The zero-order valence-electron chi connectivity index (χ0n) is 5.68. The molecule has 2 heteroatoms. The van der Waals surface area contributed by atoms with Crippen molar-refractivity contribution in [1.29, 1.82) is 0 Å². The first-order chi connectivity index (χ1) is 3.85. The van der Waals surface area contributed by atoms with E-state index >= 15 is 0 Å². The van der Waals surface area contributed by atoms with E-state index < -0.39 is 0 Å². The summed E-state index contributed by atoms with van der Waals surface area (Å²) in [5.74, 6) is 0. The number of rotatable bonds is 4. The molecular weight excluding hydrogens is 102 g/mol. The Kier molecular flexibility index (Phi) is 5.01. The first-order valence-electron chi connectivity index (χ1n) is 3.08. The van der Waals surface area contributed by atoms with Gasteiger partial charge >= 0.3 is 0 Å². The summed E-state index contributed by atoms with van der Waals surface area (Å²) in [5.41, 5.74) is 5.30. The lowest BCUT2D eigenvalue weighted by Crippen LogP contribution is -2.14. The van der Waals surface area contributed by atoms with E-state index in [9.17, 15) is 0 Å². The quantitative estimate of drug-likeness (QED) is 0.590. The summed E-state index contributed by atoms with van der Waals surface area (Å²) in [5, 5.41) is 0. The lowest BCUT2D eigenvalue weighted by Gasteiger charge is -2.09. The highest BCUT2D eigenvalue weighted by Crippen LogP contribution is 1.98. The Morgan fingerprint density at radius 3 is 2.38 bits per heavy atom. The average molecular weight is 117 g/mol. The molecule has 0 radical (unpaired) electrons. The van der Waals surface area contributed by atoms with Gasteiger partial charge in [0.15, 0.2) is 0 Å². The Bertz CT molecular complexity index is 43.8. The Morgan fingerprint density at radius 1 is 1.62 bits per heavy atom. The molecule has 2 N–H and O–H groups in total. The number of ether oxygens (including phenoxy) is 1. The molecule has 0 saturated carbocycles. The Balaban J connectivity index is 3.07. The largest absolute Gasteiger partial charge is 0.381 e. The number of nitrogens with two attached hydrogens (primary N) is 1. The van der Waals surface area contributed by atoms with Crippen LogP contribution in [0.1, 0.15) is 19.8 Å². The molecule has 0 spiro atoms. The highest BCUT2D eigenvalue weighted by molar-refractivity contribution is 4.53. The van der Waals surface area contributed by atoms with E-state index in [1.54, 1.807) is 7.11 Å². The van der Waals surface area contributed by atoms with Crippen molar-refractivity contribution in [3.63, 3.8) is 0 Å². The number of methoxy groups -OCH3 is 1. The molecule has 0 aromatic rings. The fraction of sp³-hybridized carbons (Fsp3) is 1.00. The highest BCUT2D eigenvalue weighted by Gasteiger charge is 1.99. The molecule has 0 aliphatic rings. The molecule has 0 aliphatic heterocycles. The van der Waals surface area contributed by atoms with Crippen LogP contribution in [0.25, 0.3) is 0 Å². The average Bonchev–Trinajstić information content (AvgIpc) is 1.83. The van der Waals surface area contributed by atoms with Gasteiger partial charge in [-0.05, 0) is 19.4 Å². The molecule has 0 rings (SSSR count). The number of hydrogen-bond acceptors (Lipinski definition) is 2. The maximum atomic E-state index is 5.30. The van der Waals surface area contributed by atoms with Crippen LogP contribution >= 0.6 is 0 Å². The first-order valence-corrected chi connectivity index (χ1v) is 3.08. The summed E-state index contributed by atoms with van der Waals surface area (Å²) in [7, 11) is 1.73. The Hall–Kier alpha value is -0.0800. The molecule has 0 fully saturated rings. The molecule has 0 aromatic heterocycles. The molecule has 0 aliphatic carbocycles. The SMILES string of the molecule is CCC(CCN)OC. The smallest absolute Gasteiger partial charge is 0.0580 e. The van der Waals surface area contributed by atoms with Crippen molar-refractivity contribution < 1.29 is 4.74 Å². The van der Waals surface area contributed by atoms with Gasteiger partial charge in [0, 0.05) is 7.11 Å². The van der Waals surface area contributed by atoms with Crippen molar-refractivity contribution in [1.82, 2.24) is 0 Å². The summed E-state index contributed by atoms with van der Waals surface area (Å²) in [6, 6.07) is 0. The van der Waals surface area contributed by atoms with Crippen molar-refractivity contribution in [2.24, 2.45) is 5.73 Å².